The van der Waals surface area contributed by atoms with Crippen LogP contribution in [0.5, 0.6) is 0 Å². The van der Waals surface area contributed by atoms with E-state index in [1.807, 2.05) is 18.2 Å². The van der Waals surface area contributed by atoms with Crippen molar-refractivity contribution in [1.29, 1.82) is 0 Å². The lowest BCUT2D eigenvalue weighted by atomic mass is 9.50. The molecule has 2 heterocycles. The number of carbonyl (C=O) groups excluding carboxylic acids is 1. The van der Waals surface area contributed by atoms with Crippen LogP contribution in [0.25, 0.3) is 0 Å². The van der Waals surface area contributed by atoms with Crippen molar-refractivity contribution in [2.24, 2.45) is 16.7 Å². The molecule has 0 N–H and O–H groups in total. The fourth-order valence-electron chi connectivity index (χ4n) is 9.00. The third-order valence-electron chi connectivity index (χ3n) is 11.2. The molecule has 2 unspecified atom stereocenters. The second-order valence-corrected chi connectivity index (χ2v) is 16.8. The van der Waals surface area contributed by atoms with Crippen LogP contribution in [-0.4, -0.2) is 36.0 Å². The molecule has 40 heavy (non-hydrogen) atoms. The standard InChI is InChI=1S/C33H41O5PS/c1-21-13-16-36-32(21)14-15-33(40)28-12-7-23-17-24(34)8-11-26(23)29(28)27(18-31(32,33)4)22-5-9-25(10-6-22)39(35)37-19-30(2,3)20-38-39/h5-6,9-10,17,27-28,40H,1,7-8,11-16,18-20H2,2-4H3/t27-,28?,31-,32-,33?/m1/s1. The first kappa shape index (κ1) is 27.4. The monoisotopic (exact) mass is 580 g/mol. The highest BCUT2D eigenvalue weighted by Crippen LogP contribution is 2.73. The molecule has 4 aliphatic carbocycles. The van der Waals surface area contributed by atoms with Crippen molar-refractivity contribution in [3.05, 3.63) is 64.8 Å². The predicted octanol–water partition coefficient (Wildman–Crippen LogP) is 7.25. The number of fused-ring (bicyclic) bond motifs is 5. The van der Waals surface area contributed by atoms with Gasteiger partial charge in [-0.15, -0.1) is 0 Å². The first-order chi connectivity index (χ1) is 18.9. The van der Waals surface area contributed by atoms with E-state index in [9.17, 15) is 9.36 Å². The Morgan fingerprint density at radius 1 is 1.00 bits per heavy atom. The fourth-order valence-corrected chi connectivity index (χ4v) is 11.6. The highest BCUT2D eigenvalue weighted by Gasteiger charge is 2.72. The highest BCUT2D eigenvalue weighted by molar-refractivity contribution is 7.82. The van der Waals surface area contributed by atoms with Crippen LogP contribution in [0.3, 0.4) is 0 Å². The van der Waals surface area contributed by atoms with Crippen molar-refractivity contribution in [1.82, 2.24) is 0 Å². The van der Waals surface area contributed by atoms with Crippen LogP contribution < -0.4 is 5.30 Å². The number of ether oxygens (including phenoxy) is 1. The van der Waals surface area contributed by atoms with Gasteiger partial charge in [-0.25, -0.2) is 0 Å². The second kappa shape index (κ2) is 9.04. The van der Waals surface area contributed by atoms with E-state index < -0.39 is 7.60 Å². The third-order valence-corrected chi connectivity index (χ3v) is 14.1. The van der Waals surface area contributed by atoms with Crippen LogP contribution in [0.2, 0.25) is 0 Å². The molecule has 6 aliphatic rings. The molecule has 1 aromatic rings. The Kier molecular flexibility index (Phi) is 6.19. The average molecular weight is 581 g/mol. The summed E-state index contributed by atoms with van der Waals surface area (Å²) in [5, 5.41) is 0.615. The summed E-state index contributed by atoms with van der Waals surface area (Å²) in [6.07, 6.45) is 9.02. The number of ketones is 1. The summed E-state index contributed by atoms with van der Waals surface area (Å²) in [7, 11) is -3.34. The zero-order valence-corrected chi connectivity index (χ0v) is 25.8. The first-order valence-electron chi connectivity index (χ1n) is 14.9. The molecule has 0 radical (unpaired) electrons. The van der Waals surface area contributed by atoms with E-state index in [1.165, 1.54) is 27.9 Å². The third kappa shape index (κ3) is 3.72. The summed E-state index contributed by atoms with van der Waals surface area (Å²) in [5.41, 5.74) is 5.85. The molecule has 214 valence electrons. The van der Waals surface area contributed by atoms with Crippen LogP contribution in [0, 0.1) is 16.7 Å². The number of benzene rings is 1. The van der Waals surface area contributed by atoms with Gasteiger partial charge in [0.25, 0.3) is 0 Å². The molecule has 2 aliphatic heterocycles. The Bertz CT molecular complexity index is 1390. The number of thiol groups is 1. The fraction of sp³-hybridized carbons (Fsp3) is 0.606. The van der Waals surface area contributed by atoms with Crippen LogP contribution in [-0.2, 0) is 23.1 Å². The lowest BCUT2D eigenvalue weighted by molar-refractivity contribution is -0.114. The van der Waals surface area contributed by atoms with Gasteiger partial charge in [-0.2, -0.15) is 12.6 Å². The van der Waals surface area contributed by atoms with E-state index in [1.54, 1.807) is 0 Å². The summed E-state index contributed by atoms with van der Waals surface area (Å²) in [6, 6.07) is 8.14. The van der Waals surface area contributed by atoms with E-state index in [-0.39, 0.29) is 32.9 Å². The quantitative estimate of drug-likeness (QED) is 0.227. The van der Waals surface area contributed by atoms with Crippen LogP contribution >= 0.6 is 20.2 Å². The van der Waals surface area contributed by atoms with Gasteiger partial charge >= 0.3 is 7.60 Å². The molecule has 0 bridgehead atoms. The van der Waals surface area contributed by atoms with Crippen molar-refractivity contribution in [3.63, 3.8) is 0 Å². The average Bonchev–Trinajstić information content (AvgIpc) is 3.43. The minimum Gasteiger partial charge on any atom is -0.370 e. The summed E-state index contributed by atoms with van der Waals surface area (Å²) >= 11 is 5.63. The van der Waals surface area contributed by atoms with E-state index in [0.717, 1.165) is 51.6 Å². The predicted molar refractivity (Wildman–Crippen MR) is 160 cm³/mol. The Balaban J connectivity index is 1.33. The zero-order valence-electron chi connectivity index (χ0n) is 24.0. The van der Waals surface area contributed by atoms with Gasteiger partial charge in [-0.1, -0.05) is 45.1 Å². The van der Waals surface area contributed by atoms with Gasteiger partial charge in [0, 0.05) is 27.9 Å². The van der Waals surface area contributed by atoms with Crippen molar-refractivity contribution in [2.45, 2.75) is 88.4 Å². The number of carbonyl (C=O) groups is 1. The lowest BCUT2D eigenvalue weighted by Gasteiger charge is -2.60. The topological polar surface area (TPSA) is 61.8 Å². The van der Waals surface area contributed by atoms with Crippen molar-refractivity contribution >= 4 is 31.3 Å². The lowest BCUT2D eigenvalue weighted by Crippen LogP contribution is -2.59. The molecular formula is C33H41O5PS. The normalized spacial score (nSPS) is 40.0. The maximum Gasteiger partial charge on any atom is 0.361 e. The molecule has 0 aromatic heterocycles. The molecule has 2 saturated carbocycles. The summed E-state index contributed by atoms with van der Waals surface area (Å²) in [5.74, 6) is 0.716. The number of hydrogen-bond acceptors (Lipinski definition) is 6. The Morgan fingerprint density at radius 3 is 2.40 bits per heavy atom. The van der Waals surface area contributed by atoms with Crippen molar-refractivity contribution in [3.8, 4) is 0 Å². The molecule has 7 rings (SSSR count). The van der Waals surface area contributed by atoms with Gasteiger partial charge in [0.15, 0.2) is 5.78 Å². The summed E-state index contributed by atoms with van der Waals surface area (Å²) < 4.78 is 31.7. The number of hydrogen-bond donors (Lipinski definition) is 1. The van der Waals surface area contributed by atoms with Gasteiger partial charge in [0.05, 0.1) is 30.7 Å². The zero-order chi connectivity index (χ0) is 28.1. The van der Waals surface area contributed by atoms with E-state index >= 15 is 0 Å². The molecule has 5 atom stereocenters. The smallest absolute Gasteiger partial charge is 0.361 e. The molecule has 7 heteroatoms. The second-order valence-electron chi connectivity index (χ2n) is 14.0. The summed E-state index contributed by atoms with van der Waals surface area (Å²) in [6.45, 7) is 12.6. The van der Waals surface area contributed by atoms with Crippen molar-refractivity contribution < 1.29 is 23.1 Å². The molecule has 5 nitrogen and oxygen atoms in total. The molecular weight excluding hydrogens is 539 g/mol. The van der Waals surface area contributed by atoms with E-state index in [0.29, 0.717) is 30.9 Å². The largest absolute Gasteiger partial charge is 0.370 e. The van der Waals surface area contributed by atoms with Gasteiger partial charge in [0.2, 0.25) is 0 Å². The Hall–Kier alpha value is -1.43. The Labute approximate surface area is 243 Å². The molecule has 0 amide bonds. The highest BCUT2D eigenvalue weighted by atomic mass is 32.1. The molecule has 2 saturated heterocycles. The SMILES string of the molecule is C=C1CCO[C@]12CCC1(S)C3CCC4=CC(=O)CCC4=C3[C@@H](c3ccc(P4(=O)OCC(C)(C)CO4)cc3)C[C@@]12C. The molecule has 1 aromatic carbocycles. The number of rotatable bonds is 2. The van der Waals surface area contributed by atoms with Gasteiger partial charge < -0.3 is 13.8 Å². The minimum atomic E-state index is -3.34. The van der Waals surface area contributed by atoms with Crippen LogP contribution in [0.1, 0.15) is 83.6 Å². The van der Waals surface area contributed by atoms with Gasteiger partial charge in [-0.05, 0) is 91.4 Å². The van der Waals surface area contributed by atoms with Gasteiger partial charge in [-0.3, -0.25) is 9.36 Å². The summed E-state index contributed by atoms with van der Waals surface area (Å²) in [4.78, 5) is 12.4. The first-order valence-corrected chi connectivity index (χ1v) is 16.9. The number of allylic oxidation sites excluding steroid dienone is 4. The van der Waals surface area contributed by atoms with Crippen molar-refractivity contribution in [2.75, 3.05) is 19.8 Å². The maximum absolute atomic E-state index is 13.6. The minimum absolute atomic E-state index is 0.148. The molecule has 4 fully saturated rings. The van der Waals surface area contributed by atoms with E-state index in [4.69, 9.17) is 26.4 Å². The van der Waals surface area contributed by atoms with Gasteiger partial charge in [0.1, 0.15) is 0 Å². The van der Waals surface area contributed by atoms with Crippen LogP contribution in [0.15, 0.2) is 59.2 Å². The molecule has 1 spiro atoms. The van der Waals surface area contributed by atoms with E-state index in [2.05, 4.69) is 39.5 Å². The Morgan fingerprint density at radius 2 is 1.73 bits per heavy atom. The maximum atomic E-state index is 13.6. The van der Waals surface area contributed by atoms with Crippen LogP contribution in [0.4, 0.5) is 0 Å².